The van der Waals surface area contributed by atoms with Crippen molar-refractivity contribution in [2.45, 2.75) is 37.0 Å². The highest BCUT2D eigenvalue weighted by atomic mass is 79.9. The van der Waals surface area contributed by atoms with Crippen LogP contribution in [0.4, 0.5) is 5.69 Å². The first-order valence-corrected chi connectivity index (χ1v) is 14.9. The van der Waals surface area contributed by atoms with Crippen LogP contribution in [-0.2, 0) is 14.8 Å². The van der Waals surface area contributed by atoms with Gasteiger partial charge in [-0.25, -0.2) is 18.1 Å². The second kappa shape index (κ2) is 10.9. The Morgan fingerprint density at radius 1 is 0.914 bits per heavy atom. The van der Waals surface area contributed by atoms with E-state index in [9.17, 15) is 8.42 Å². The molecule has 1 aromatic heterocycles. The first-order valence-electron chi connectivity index (χ1n) is 11.8. The van der Waals surface area contributed by atoms with Crippen molar-refractivity contribution in [3.63, 3.8) is 0 Å². The van der Waals surface area contributed by atoms with Gasteiger partial charge in [0.2, 0.25) is 14.8 Å². The number of morpholine rings is 1. The average Bonchev–Trinajstić information content (AvgIpc) is 3.27. The van der Waals surface area contributed by atoms with Gasteiger partial charge in [-0.2, -0.15) is 9.41 Å². The predicted molar refractivity (Wildman–Crippen MR) is 143 cm³/mol. The highest BCUT2D eigenvalue weighted by Crippen LogP contribution is 2.25. The molecule has 0 spiro atoms. The van der Waals surface area contributed by atoms with Crippen LogP contribution in [0.5, 0.6) is 0 Å². The molecule has 1 aliphatic carbocycles. The summed E-state index contributed by atoms with van der Waals surface area (Å²) in [6.07, 6.45) is 5.61. The SMILES string of the molecule is O=S(=O)(c1ccc(N=c2scc(-c3ccc(Br)cc3)n2N=C2CCCCC2)cc1)N1CCOCC1. The standard InChI is InChI=1S/C25H27BrN4O3S2/c26-20-8-6-19(7-9-20)24-18-34-25(30(24)28-22-4-2-1-3-5-22)27-21-10-12-23(13-11-21)35(31,32)29-14-16-33-17-15-29/h6-13,18H,1-5,14-17H2. The highest BCUT2D eigenvalue weighted by molar-refractivity contribution is 9.10. The van der Waals surface area contributed by atoms with Gasteiger partial charge in [0.15, 0.2) is 0 Å². The molecule has 0 unspecified atom stereocenters. The lowest BCUT2D eigenvalue weighted by atomic mass is 9.99. The molecule has 2 heterocycles. The Morgan fingerprint density at radius 2 is 1.60 bits per heavy atom. The van der Waals surface area contributed by atoms with Crippen molar-refractivity contribution in [3.05, 3.63) is 63.2 Å². The molecule has 5 rings (SSSR count). The molecule has 1 saturated heterocycles. The van der Waals surface area contributed by atoms with Crippen molar-refractivity contribution < 1.29 is 13.2 Å². The summed E-state index contributed by atoms with van der Waals surface area (Å²) in [5, 5.41) is 7.09. The third kappa shape index (κ3) is 5.67. The number of hydrogen-bond acceptors (Lipinski definition) is 6. The van der Waals surface area contributed by atoms with E-state index in [0.717, 1.165) is 33.4 Å². The first kappa shape index (κ1) is 24.6. The van der Waals surface area contributed by atoms with Crippen LogP contribution in [-0.4, -0.2) is 49.4 Å². The average molecular weight is 576 g/mol. The lowest BCUT2D eigenvalue weighted by Gasteiger charge is -2.26. The molecule has 0 N–H and O–H groups in total. The van der Waals surface area contributed by atoms with Crippen LogP contribution in [0, 0.1) is 0 Å². The Labute approximate surface area is 218 Å². The zero-order valence-corrected chi connectivity index (χ0v) is 22.5. The normalized spacial score (nSPS) is 18.1. The van der Waals surface area contributed by atoms with Crippen LogP contribution < -0.4 is 4.80 Å². The molecule has 3 aromatic rings. The van der Waals surface area contributed by atoms with Crippen molar-refractivity contribution in [2.24, 2.45) is 10.1 Å². The molecule has 10 heteroatoms. The van der Waals surface area contributed by atoms with Gasteiger partial charge in [0, 0.05) is 34.2 Å². The largest absolute Gasteiger partial charge is 0.379 e. The van der Waals surface area contributed by atoms with Crippen molar-refractivity contribution in [3.8, 4) is 11.3 Å². The molecular weight excluding hydrogens is 548 g/mol. The van der Waals surface area contributed by atoms with E-state index >= 15 is 0 Å². The van der Waals surface area contributed by atoms with Gasteiger partial charge in [-0.15, -0.1) is 11.3 Å². The number of nitrogens with zero attached hydrogens (tertiary/aromatic N) is 4. The second-order valence-corrected chi connectivity index (χ2v) is 12.3. The molecule has 35 heavy (non-hydrogen) atoms. The number of ether oxygens (including phenoxy) is 1. The first-order chi connectivity index (χ1) is 17.0. The molecule has 0 bridgehead atoms. The third-order valence-corrected chi connectivity index (χ3v) is 9.42. The number of benzene rings is 2. The van der Waals surface area contributed by atoms with Crippen LogP contribution in [0.15, 0.2) is 73.4 Å². The fourth-order valence-corrected chi connectivity index (χ4v) is 6.76. The van der Waals surface area contributed by atoms with Gasteiger partial charge in [0.1, 0.15) is 0 Å². The molecule has 7 nitrogen and oxygen atoms in total. The van der Waals surface area contributed by atoms with E-state index in [-0.39, 0.29) is 4.90 Å². The lowest BCUT2D eigenvalue weighted by molar-refractivity contribution is 0.0730. The molecule has 1 saturated carbocycles. The summed E-state index contributed by atoms with van der Waals surface area (Å²) < 4.78 is 35.6. The number of hydrogen-bond donors (Lipinski definition) is 0. The van der Waals surface area contributed by atoms with Gasteiger partial charge in [-0.1, -0.05) is 34.5 Å². The summed E-state index contributed by atoms with van der Waals surface area (Å²) in [5.74, 6) is 0. The number of sulfonamides is 1. The Balaban J connectivity index is 1.50. The van der Waals surface area contributed by atoms with Gasteiger partial charge in [-0.05, 0) is 62.1 Å². The number of aromatic nitrogens is 1. The fourth-order valence-electron chi connectivity index (χ4n) is 4.23. The molecule has 1 aliphatic heterocycles. The molecule has 2 fully saturated rings. The minimum absolute atomic E-state index is 0.274. The maximum absolute atomic E-state index is 12.9. The molecule has 0 atom stereocenters. The monoisotopic (exact) mass is 574 g/mol. The number of thiazole rings is 1. The Morgan fingerprint density at radius 3 is 2.29 bits per heavy atom. The Hall–Kier alpha value is -2.11. The van der Waals surface area contributed by atoms with Crippen molar-refractivity contribution in [1.82, 2.24) is 8.98 Å². The zero-order valence-electron chi connectivity index (χ0n) is 19.3. The molecule has 0 amide bonds. The topological polar surface area (TPSA) is 76.3 Å². The molecule has 2 aromatic carbocycles. The van der Waals surface area contributed by atoms with Gasteiger partial charge < -0.3 is 4.74 Å². The molecular formula is C25H27BrN4O3S2. The quantitative estimate of drug-likeness (QED) is 0.409. The van der Waals surface area contributed by atoms with E-state index in [1.54, 1.807) is 24.3 Å². The third-order valence-electron chi connectivity index (χ3n) is 6.17. The van der Waals surface area contributed by atoms with E-state index in [1.165, 1.54) is 40.6 Å². The zero-order chi connectivity index (χ0) is 24.3. The van der Waals surface area contributed by atoms with Crippen LogP contribution in [0.3, 0.4) is 0 Å². The Kier molecular flexibility index (Phi) is 7.64. The summed E-state index contributed by atoms with van der Waals surface area (Å²) in [4.78, 5) is 5.87. The molecule has 0 radical (unpaired) electrons. The predicted octanol–water partition coefficient (Wildman–Crippen LogP) is 5.40. The molecule has 2 aliphatic rings. The van der Waals surface area contributed by atoms with Gasteiger partial charge in [-0.3, -0.25) is 0 Å². The minimum Gasteiger partial charge on any atom is -0.379 e. The van der Waals surface area contributed by atoms with Gasteiger partial charge in [0.25, 0.3) is 0 Å². The summed E-state index contributed by atoms with van der Waals surface area (Å²) in [5.41, 5.74) is 3.94. The summed E-state index contributed by atoms with van der Waals surface area (Å²) in [7, 11) is -3.53. The smallest absolute Gasteiger partial charge is 0.243 e. The summed E-state index contributed by atoms with van der Waals surface area (Å²) in [6, 6.07) is 15.0. The van der Waals surface area contributed by atoms with Gasteiger partial charge >= 0.3 is 0 Å². The fraction of sp³-hybridized carbons (Fsp3) is 0.360. The van der Waals surface area contributed by atoms with Crippen LogP contribution in [0.1, 0.15) is 32.1 Å². The van der Waals surface area contributed by atoms with Gasteiger partial charge in [0.05, 0.1) is 29.5 Å². The van der Waals surface area contributed by atoms with E-state index in [4.69, 9.17) is 14.8 Å². The van der Waals surface area contributed by atoms with Crippen molar-refractivity contribution in [2.75, 3.05) is 26.3 Å². The van der Waals surface area contributed by atoms with Crippen molar-refractivity contribution in [1.29, 1.82) is 0 Å². The number of halogens is 1. The Bertz CT molecular complexity index is 1360. The van der Waals surface area contributed by atoms with E-state index in [1.807, 2.05) is 16.8 Å². The maximum Gasteiger partial charge on any atom is 0.243 e. The second-order valence-electron chi connectivity index (χ2n) is 8.57. The van der Waals surface area contributed by atoms with Crippen LogP contribution in [0.25, 0.3) is 11.3 Å². The molecule has 184 valence electrons. The number of rotatable bonds is 5. The lowest BCUT2D eigenvalue weighted by Crippen LogP contribution is -2.40. The minimum atomic E-state index is -3.53. The highest BCUT2D eigenvalue weighted by Gasteiger charge is 2.26. The van der Waals surface area contributed by atoms with E-state index in [2.05, 4.69) is 33.4 Å². The van der Waals surface area contributed by atoms with E-state index in [0.29, 0.717) is 32.0 Å². The van der Waals surface area contributed by atoms with Crippen LogP contribution in [0.2, 0.25) is 0 Å². The summed E-state index contributed by atoms with van der Waals surface area (Å²) >= 11 is 5.04. The van der Waals surface area contributed by atoms with Crippen molar-refractivity contribution >= 4 is 48.7 Å². The maximum atomic E-state index is 12.9. The summed E-state index contributed by atoms with van der Waals surface area (Å²) in [6.45, 7) is 1.61. The van der Waals surface area contributed by atoms with Crippen LogP contribution >= 0.6 is 27.3 Å². The van der Waals surface area contributed by atoms with E-state index < -0.39 is 10.0 Å².